The average molecular weight is 242 g/mol. The molecule has 0 saturated carbocycles. The first-order chi connectivity index (χ1) is 7.97. The molecule has 1 fully saturated rings. The van der Waals surface area contributed by atoms with E-state index in [0.29, 0.717) is 24.3 Å². The van der Waals surface area contributed by atoms with Crippen molar-refractivity contribution in [2.45, 2.75) is 39.2 Å². The van der Waals surface area contributed by atoms with Gasteiger partial charge in [-0.1, -0.05) is 13.8 Å². The first kappa shape index (κ1) is 14.5. The summed E-state index contributed by atoms with van der Waals surface area (Å²) < 4.78 is 0. The van der Waals surface area contributed by atoms with E-state index in [1.807, 2.05) is 0 Å². The van der Waals surface area contributed by atoms with Crippen LogP contribution in [0.4, 0.5) is 0 Å². The van der Waals surface area contributed by atoms with E-state index < -0.39 is 5.97 Å². The molecule has 0 aliphatic carbocycles. The highest BCUT2D eigenvalue weighted by Crippen LogP contribution is 2.20. The molecule has 2 atom stereocenters. The van der Waals surface area contributed by atoms with Gasteiger partial charge in [0, 0.05) is 25.6 Å². The predicted octanol–water partition coefficient (Wildman–Crippen LogP) is 1.42. The van der Waals surface area contributed by atoms with Crippen molar-refractivity contribution in [2.75, 3.05) is 26.7 Å². The third kappa shape index (κ3) is 6.03. The van der Waals surface area contributed by atoms with Crippen molar-refractivity contribution in [2.24, 2.45) is 11.8 Å². The molecule has 4 nitrogen and oxygen atoms in total. The second-order valence-corrected chi connectivity index (χ2v) is 5.75. The summed E-state index contributed by atoms with van der Waals surface area (Å²) in [5, 5.41) is 12.3. The highest BCUT2D eigenvalue weighted by Gasteiger charge is 2.25. The van der Waals surface area contributed by atoms with Gasteiger partial charge in [0.15, 0.2) is 0 Å². The van der Waals surface area contributed by atoms with Crippen LogP contribution in [0.1, 0.15) is 33.1 Å². The standard InChI is InChI=1S/C13H26N2O2/c1-10(2)7-14-12-6-11(4-5-13(16)17)8-15(3)9-12/h10-12,14H,4-9H2,1-3H3,(H,16,17). The van der Waals surface area contributed by atoms with Crippen molar-refractivity contribution < 1.29 is 9.90 Å². The summed E-state index contributed by atoms with van der Waals surface area (Å²) in [5.41, 5.74) is 0. The first-order valence-corrected chi connectivity index (χ1v) is 6.61. The molecule has 17 heavy (non-hydrogen) atoms. The molecule has 2 unspecified atom stereocenters. The van der Waals surface area contributed by atoms with E-state index >= 15 is 0 Å². The molecule has 0 aromatic heterocycles. The van der Waals surface area contributed by atoms with Crippen molar-refractivity contribution in [3.63, 3.8) is 0 Å². The zero-order chi connectivity index (χ0) is 12.8. The Morgan fingerprint density at radius 1 is 1.47 bits per heavy atom. The summed E-state index contributed by atoms with van der Waals surface area (Å²) in [4.78, 5) is 12.9. The maximum Gasteiger partial charge on any atom is 0.303 e. The van der Waals surface area contributed by atoms with Crippen molar-refractivity contribution >= 4 is 5.97 Å². The quantitative estimate of drug-likeness (QED) is 0.739. The number of likely N-dealkylation sites (N-methyl/N-ethyl adjacent to an activating group) is 1. The van der Waals surface area contributed by atoms with Gasteiger partial charge >= 0.3 is 5.97 Å². The molecule has 0 bridgehead atoms. The van der Waals surface area contributed by atoms with Gasteiger partial charge in [0.2, 0.25) is 0 Å². The van der Waals surface area contributed by atoms with Gasteiger partial charge in [-0.25, -0.2) is 0 Å². The van der Waals surface area contributed by atoms with Gasteiger partial charge in [-0.2, -0.15) is 0 Å². The molecular weight excluding hydrogens is 216 g/mol. The van der Waals surface area contributed by atoms with Crippen LogP contribution in [0.25, 0.3) is 0 Å². The fourth-order valence-corrected chi connectivity index (χ4v) is 2.53. The average Bonchev–Trinajstić information content (AvgIpc) is 2.23. The van der Waals surface area contributed by atoms with Gasteiger partial charge < -0.3 is 15.3 Å². The van der Waals surface area contributed by atoms with Gasteiger partial charge in [0.25, 0.3) is 0 Å². The highest BCUT2D eigenvalue weighted by atomic mass is 16.4. The number of piperidine rings is 1. The molecule has 0 radical (unpaired) electrons. The fourth-order valence-electron chi connectivity index (χ4n) is 2.53. The number of carboxylic acid groups (broad SMARTS) is 1. The summed E-state index contributed by atoms with van der Waals surface area (Å²) in [6, 6.07) is 0.523. The van der Waals surface area contributed by atoms with Crippen LogP contribution in [-0.2, 0) is 4.79 Å². The van der Waals surface area contributed by atoms with Gasteiger partial charge in [-0.15, -0.1) is 0 Å². The molecule has 0 spiro atoms. The van der Waals surface area contributed by atoms with Crippen molar-refractivity contribution in [3.8, 4) is 0 Å². The molecule has 0 aromatic rings. The Balaban J connectivity index is 2.33. The minimum absolute atomic E-state index is 0.301. The van der Waals surface area contributed by atoms with Crippen LogP contribution in [0.3, 0.4) is 0 Å². The van der Waals surface area contributed by atoms with E-state index in [0.717, 1.165) is 32.5 Å². The second kappa shape index (κ2) is 6.97. The van der Waals surface area contributed by atoms with Crippen molar-refractivity contribution in [3.05, 3.63) is 0 Å². The molecule has 1 rings (SSSR count). The van der Waals surface area contributed by atoms with Crippen LogP contribution < -0.4 is 5.32 Å². The SMILES string of the molecule is CC(C)CNC1CC(CCC(=O)O)CN(C)C1. The number of hydrogen-bond acceptors (Lipinski definition) is 3. The Labute approximate surface area is 104 Å². The lowest BCUT2D eigenvalue weighted by Crippen LogP contribution is -2.48. The Kier molecular flexibility index (Phi) is 5.92. The van der Waals surface area contributed by atoms with Crippen LogP contribution in [0.5, 0.6) is 0 Å². The number of carboxylic acids is 1. The Morgan fingerprint density at radius 3 is 2.76 bits per heavy atom. The molecular formula is C13H26N2O2. The summed E-state index contributed by atoms with van der Waals surface area (Å²) in [5.74, 6) is 0.513. The zero-order valence-corrected chi connectivity index (χ0v) is 11.3. The van der Waals surface area contributed by atoms with Crippen LogP contribution >= 0.6 is 0 Å². The smallest absolute Gasteiger partial charge is 0.303 e. The molecule has 1 aliphatic heterocycles. The fraction of sp³-hybridized carbons (Fsp3) is 0.923. The molecule has 100 valence electrons. The predicted molar refractivity (Wildman–Crippen MR) is 69.1 cm³/mol. The lowest BCUT2D eigenvalue weighted by molar-refractivity contribution is -0.137. The Hall–Kier alpha value is -0.610. The molecule has 2 N–H and O–H groups in total. The van der Waals surface area contributed by atoms with Gasteiger partial charge in [0.05, 0.1) is 0 Å². The summed E-state index contributed by atoms with van der Waals surface area (Å²) in [7, 11) is 2.12. The number of likely N-dealkylation sites (tertiary alicyclic amines) is 1. The maximum absolute atomic E-state index is 10.6. The zero-order valence-electron chi connectivity index (χ0n) is 11.3. The molecule has 1 aliphatic rings. The van der Waals surface area contributed by atoms with Gasteiger partial charge in [-0.05, 0) is 38.3 Å². The van der Waals surface area contributed by atoms with Crippen LogP contribution in [0.2, 0.25) is 0 Å². The Morgan fingerprint density at radius 2 is 2.18 bits per heavy atom. The molecule has 0 aromatic carbocycles. The van der Waals surface area contributed by atoms with Crippen molar-refractivity contribution in [1.82, 2.24) is 10.2 Å². The summed E-state index contributed by atoms with van der Waals surface area (Å²) in [6.45, 7) is 7.58. The largest absolute Gasteiger partial charge is 0.481 e. The number of rotatable bonds is 6. The van der Waals surface area contributed by atoms with Crippen molar-refractivity contribution in [1.29, 1.82) is 0 Å². The third-order valence-electron chi connectivity index (χ3n) is 3.30. The second-order valence-electron chi connectivity index (χ2n) is 5.75. The number of aliphatic carboxylic acids is 1. The number of carbonyl (C=O) groups is 1. The monoisotopic (exact) mass is 242 g/mol. The highest BCUT2D eigenvalue weighted by molar-refractivity contribution is 5.66. The lowest BCUT2D eigenvalue weighted by Gasteiger charge is -2.36. The first-order valence-electron chi connectivity index (χ1n) is 6.61. The topological polar surface area (TPSA) is 52.6 Å². The minimum atomic E-state index is -0.676. The van der Waals surface area contributed by atoms with E-state index in [-0.39, 0.29) is 0 Å². The van der Waals surface area contributed by atoms with Gasteiger partial charge in [-0.3, -0.25) is 4.79 Å². The normalized spacial score (nSPS) is 26.4. The molecule has 4 heteroatoms. The van der Waals surface area contributed by atoms with E-state index in [4.69, 9.17) is 5.11 Å². The number of hydrogen-bond donors (Lipinski definition) is 2. The van der Waals surface area contributed by atoms with E-state index in [1.165, 1.54) is 0 Å². The summed E-state index contributed by atoms with van der Waals surface area (Å²) in [6.07, 6.45) is 2.22. The van der Waals surface area contributed by atoms with E-state index in [9.17, 15) is 4.79 Å². The maximum atomic E-state index is 10.6. The molecule has 0 amide bonds. The lowest BCUT2D eigenvalue weighted by atomic mass is 9.90. The number of nitrogens with one attached hydrogen (secondary N) is 1. The summed E-state index contributed by atoms with van der Waals surface area (Å²) >= 11 is 0. The van der Waals surface area contributed by atoms with Crippen LogP contribution in [0.15, 0.2) is 0 Å². The van der Waals surface area contributed by atoms with Crippen LogP contribution in [0, 0.1) is 11.8 Å². The van der Waals surface area contributed by atoms with E-state index in [1.54, 1.807) is 0 Å². The molecule has 1 heterocycles. The third-order valence-corrected chi connectivity index (χ3v) is 3.30. The van der Waals surface area contributed by atoms with E-state index in [2.05, 4.69) is 31.1 Å². The van der Waals surface area contributed by atoms with Crippen LogP contribution in [-0.4, -0.2) is 48.7 Å². The molecule has 1 saturated heterocycles. The van der Waals surface area contributed by atoms with Gasteiger partial charge in [0.1, 0.15) is 0 Å². The number of nitrogens with zero attached hydrogens (tertiary/aromatic N) is 1. The minimum Gasteiger partial charge on any atom is -0.481 e. The Bertz CT molecular complexity index is 244.